The Morgan fingerprint density at radius 1 is 1.58 bits per heavy atom. The number of nitrogens with zero attached hydrogens (tertiary/aromatic N) is 1. The van der Waals surface area contributed by atoms with E-state index in [2.05, 4.69) is 0 Å². The van der Waals surface area contributed by atoms with Crippen molar-refractivity contribution in [2.45, 2.75) is 26.1 Å². The van der Waals surface area contributed by atoms with Crippen LogP contribution in [0.1, 0.15) is 20.3 Å². The van der Waals surface area contributed by atoms with Crippen molar-refractivity contribution >= 4 is 5.97 Å². The van der Waals surface area contributed by atoms with Gasteiger partial charge in [-0.25, -0.2) is 9.18 Å². The molecule has 0 amide bonds. The van der Waals surface area contributed by atoms with Gasteiger partial charge in [0.25, 0.3) is 0 Å². The molecule has 3 nitrogen and oxygen atoms in total. The highest BCUT2D eigenvalue weighted by Gasteiger charge is 2.48. The number of alkyl halides is 1. The Bertz CT molecular complexity index is 174. The molecule has 1 N–H and O–H groups in total. The van der Waals surface area contributed by atoms with Gasteiger partial charge < -0.3 is 5.11 Å². The Morgan fingerprint density at radius 2 is 2.00 bits per heavy atom. The Balaban J connectivity index is 4.51. The van der Waals surface area contributed by atoms with Gasteiger partial charge in [-0.3, -0.25) is 0 Å². The number of rotatable bonds is 4. The summed E-state index contributed by atoms with van der Waals surface area (Å²) in [5.74, 6) is -6.19. The second kappa shape index (κ2) is 3.75. The van der Waals surface area contributed by atoms with Crippen LogP contribution < -0.4 is 0 Å². The summed E-state index contributed by atoms with van der Waals surface area (Å²) in [7, 11) is 0. The third-order valence-corrected chi connectivity index (χ3v) is 1.27. The molecule has 6 heteroatoms. The van der Waals surface area contributed by atoms with Crippen LogP contribution in [0.25, 0.3) is 0 Å². The Hall–Kier alpha value is -0.780. The van der Waals surface area contributed by atoms with Gasteiger partial charge in [0, 0.05) is 6.42 Å². The van der Waals surface area contributed by atoms with Gasteiger partial charge in [-0.1, -0.05) is 22.8 Å². The van der Waals surface area contributed by atoms with Crippen molar-refractivity contribution in [3.63, 3.8) is 0 Å². The maximum absolute atomic E-state index is 12.9. The fourth-order valence-corrected chi connectivity index (χ4v) is 0.770. The number of carbonyl (C=O) groups is 1. The largest absolute Gasteiger partial charge is 0.478 e. The number of carboxylic acids is 1. The van der Waals surface area contributed by atoms with Crippen LogP contribution in [0.15, 0.2) is 0 Å². The first kappa shape index (κ1) is 11.2. The van der Waals surface area contributed by atoms with E-state index in [1.807, 2.05) is 0 Å². The van der Waals surface area contributed by atoms with E-state index in [0.717, 1.165) is 0 Å². The van der Waals surface area contributed by atoms with Gasteiger partial charge in [-0.2, -0.15) is 0 Å². The molecule has 0 heterocycles. The van der Waals surface area contributed by atoms with Crippen molar-refractivity contribution < 1.29 is 23.3 Å². The SMILES string of the molecule is CC(C)C[C@](F)(C(=O)O)N(F)F. The molecule has 0 aromatic rings. The molecule has 1 atom stereocenters. The molecule has 12 heavy (non-hydrogen) atoms. The minimum atomic E-state index is -3.56. The molecule has 0 saturated heterocycles. The van der Waals surface area contributed by atoms with Crippen molar-refractivity contribution in [2.24, 2.45) is 5.92 Å². The van der Waals surface area contributed by atoms with Crippen LogP contribution in [0.2, 0.25) is 0 Å². The van der Waals surface area contributed by atoms with E-state index in [0.29, 0.717) is 0 Å². The lowest BCUT2D eigenvalue weighted by molar-refractivity contribution is -0.280. The number of aliphatic carboxylic acids is 1. The second-order valence-electron chi connectivity index (χ2n) is 2.90. The molecular formula is C6H10F3NO2. The van der Waals surface area contributed by atoms with Crippen LogP contribution in [0, 0.1) is 5.92 Å². The number of hydrogen-bond donors (Lipinski definition) is 1. The molecule has 0 aromatic heterocycles. The standard InChI is InChI=1S/C6H10F3NO2/c1-4(2)3-6(7,5(11)12)10(8)9/h4H,3H2,1-2H3,(H,11,12)/t6-/m1/s1. The maximum Gasteiger partial charge on any atom is 0.362 e. The van der Waals surface area contributed by atoms with Crippen molar-refractivity contribution in [1.82, 2.24) is 5.34 Å². The first-order valence-corrected chi connectivity index (χ1v) is 3.34. The zero-order valence-corrected chi connectivity index (χ0v) is 6.72. The van der Waals surface area contributed by atoms with Gasteiger partial charge in [-0.05, 0) is 5.92 Å². The lowest BCUT2D eigenvalue weighted by Crippen LogP contribution is -2.44. The van der Waals surface area contributed by atoms with Gasteiger partial charge >= 0.3 is 11.8 Å². The zero-order valence-electron chi connectivity index (χ0n) is 6.72. The summed E-state index contributed by atoms with van der Waals surface area (Å²) in [6.45, 7) is 2.92. The number of hydrogen-bond acceptors (Lipinski definition) is 2. The molecule has 0 aromatic carbocycles. The molecular weight excluding hydrogens is 175 g/mol. The van der Waals surface area contributed by atoms with Crippen LogP contribution in [-0.2, 0) is 4.79 Å². The van der Waals surface area contributed by atoms with Crippen LogP contribution in [0.5, 0.6) is 0 Å². The molecule has 0 radical (unpaired) electrons. The predicted octanol–water partition coefficient (Wildman–Crippen LogP) is 1.85. The number of halogens is 3. The molecule has 0 aliphatic rings. The Kier molecular flexibility index (Phi) is 3.51. The van der Waals surface area contributed by atoms with E-state index in [9.17, 15) is 18.1 Å². The van der Waals surface area contributed by atoms with Gasteiger partial charge in [-0.15, -0.1) is 0 Å². The third kappa shape index (κ3) is 2.37. The summed E-state index contributed by atoms with van der Waals surface area (Å²) in [4.78, 5) is 10.1. The lowest BCUT2D eigenvalue weighted by atomic mass is 10.0. The summed E-state index contributed by atoms with van der Waals surface area (Å²) >= 11 is 0. The molecule has 0 spiro atoms. The van der Waals surface area contributed by atoms with Crippen LogP contribution in [-0.4, -0.2) is 22.2 Å². The highest BCUT2D eigenvalue weighted by molar-refractivity contribution is 5.76. The topological polar surface area (TPSA) is 40.5 Å². The third-order valence-electron chi connectivity index (χ3n) is 1.27. The van der Waals surface area contributed by atoms with E-state index < -0.39 is 29.4 Å². The van der Waals surface area contributed by atoms with Crippen molar-refractivity contribution in [3.05, 3.63) is 0 Å². The highest BCUT2D eigenvalue weighted by Crippen LogP contribution is 2.27. The molecule has 0 aliphatic heterocycles. The quantitative estimate of drug-likeness (QED) is 0.536. The maximum atomic E-state index is 12.9. The number of carboxylic acid groups (broad SMARTS) is 1. The minimum Gasteiger partial charge on any atom is -0.478 e. The normalized spacial score (nSPS) is 16.6. The van der Waals surface area contributed by atoms with E-state index >= 15 is 0 Å². The van der Waals surface area contributed by atoms with E-state index in [1.54, 1.807) is 0 Å². The fourth-order valence-electron chi connectivity index (χ4n) is 0.770. The van der Waals surface area contributed by atoms with E-state index in [4.69, 9.17) is 5.11 Å². The van der Waals surface area contributed by atoms with Gasteiger partial charge in [0.15, 0.2) is 0 Å². The molecule has 0 aliphatic carbocycles. The highest BCUT2D eigenvalue weighted by atomic mass is 19.4. The molecule has 0 fully saturated rings. The fraction of sp³-hybridized carbons (Fsp3) is 0.833. The summed E-state index contributed by atoms with van der Waals surface area (Å²) in [5.41, 5.74) is 0. The van der Waals surface area contributed by atoms with Crippen molar-refractivity contribution in [3.8, 4) is 0 Å². The van der Waals surface area contributed by atoms with Gasteiger partial charge in [0.05, 0.1) is 5.34 Å². The van der Waals surface area contributed by atoms with Gasteiger partial charge in [0.1, 0.15) is 0 Å². The van der Waals surface area contributed by atoms with E-state index in [1.165, 1.54) is 13.8 Å². The smallest absolute Gasteiger partial charge is 0.362 e. The summed E-state index contributed by atoms with van der Waals surface area (Å²) in [5, 5.41) is 6.25. The lowest BCUT2D eigenvalue weighted by Gasteiger charge is -2.21. The molecule has 72 valence electrons. The van der Waals surface area contributed by atoms with Crippen LogP contribution in [0.4, 0.5) is 13.4 Å². The van der Waals surface area contributed by atoms with E-state index in [-0.39, 0.29) is 0 Å². The van der Waals surface area contributed by atoms with Gasteiger partial charge in [0.2, 0.25) is 0 Å². The average molecular weight is 185 g/mol. The Morgan fingerprint density at radius 3 is 2.08 bits per heavy atom. The summed E-state index contributed by atoms with van der Waals surface area (Å²) in [6.07, 6.45) is -0.741. The monoisotopic (exact) mass is 185 g/mol. The van der Waals surface area contributed by atoms with Crippen molar-refractivity contribution in [1.29, 1.82) is 0 Å². The minimum absolute atomic E-state index is 0.458. The second-order valence-corrected chi connectivity index (χ2v) is 2.90. The Labute approximate surface area is 67.6 Å². The molecule has 0 bridgehead atoms. The molecule has 0 saturated carbocycles. The van der Waals surface area contributed by atoms with Crippen molar-refractivity contribution in [2.75, 3.05) is 0 Å². The summed E-state index contributed by atoms with van der Waals surface area (Å²) < 4.78 is 36.4. The molecule has 0 rings (SSSR count). The summed E-state index contributed by atoms with van der Waals surface area (Å²) in [6, 6.07) is 0. The van der Waals surface area contributed by atoms with Crippen LogP contribution in [0.3, 0.4) is 0 Å². The first-order valence-electron chi connectivity index (χ1n) is 3.34. The zero-order chi connectivity index (χ0) is 9.94. The first-order chi connectivity index (χ1) is 5.30. The average Bonchev–Trinajstić information content (AvgIpc) is 1.84. The molecule has 0 unspecified atom stereocenters. The van der Waals surface area contributed by atoms with Crippen LogP contribution >= 0.6 is 0 Å². The predicted molar refractivity (Wildman–Crippen MR) is 35.0 cm³/mol.